The first-order chi connectivity index (χ1) is 11.5. The minimum absolute atomic E-state index is 0.00279. The number of ether oxygens (including phenoxy) is 1. The van der Waals surface area contributed by atoms with Crippen molar-refractivity contribution >= 4 is 17.5 Å². The molecular weight excluding hydrogens is 318 g/mol. The highest BCUT2D eigenvalue weighted by molar-refractivity contribution is 5.93. The number of amides is 2. The van der Waals surface area contributed by atoms with E-state index in [1.54, 1.807) is 11.0 Å². The molecule has 1 N–H and O–H groups in total. The van der Waals surface area contributed by atoms with Gasteiger partial charge in [0.1, 0.15) is 5.75 Å². The van der Waals surface area contributed by atoms with Gasteiger partial charge in [-0.05, 0) is 37.8 Å². The predicted octanol–water partition coefficient (Wildman–Crippen LogP) is 2.88. The van der Waals surface area contributed by atoms with Gasteiger partial charge in [-0.3, -0.25) is 9.59 Å². The Morgan fingerprint density at radius 3 is 2.71 bits per heavy atom. The first-order valence-electron chi connectivity index (χ1n) is 8.17. The molecule has 2 fully saturated rings. The Morgan fingerprint density at radius 1 is 1.21 bits per heavy atom. The van der Waals surface area contributed by atoms with Crippen molar-refractivity contribution in [2.24, 2.45) is 11.8 Å². The van der Waals surface area contributed by atoms with Gasteiger partial charge in [0.25, 0.3) is 0 Å². The summed E-state index contributed by atoms with van der Waals surface area (Å²) in [4.78, 5) is 26.3. The molecule has 24 heavy (non-hydrogen) atoms. The van der Waals surface area contributed by atoms with Crippen molar-refractivity contribution in [1.29, 1.82) is 0 Å². The number of hydrogen-bond donors (Lipinski definition) is 1. The molecule has 2 amide bonds. The second-order valence-corrected chi connectivity index (χ2v) is 6.29. The molecule has 0 spiro atoms. The molecule has 1 atom stereocenters. The molecule has 1 saturated heterocycles. The molecule has 130 valence electrons. The molecule has 1 saturated carbocycles. The molecule has 0 unspecified atom stereocenters. The van der Waals surface area contributed by atoms with Gasteiger partial charge in [-0.25, -0.2) is 0 Å². The quantitative estimate of drug-likeness (QED) is 0.898. The maximum atomic E-state index is 12.4. The summed E-state index contributed by atoms with van der Waals surface area (Å²) in [6, 6.07) is 5.92. The molecule has 1 aliphatic carbocycles. The van der Waals surface area contributed by atoms with E-state index < -0.39 is 6.61 Å². The first kappa shape index (κ1) is 16.7. The van der Waals surface area contributed by atoms with E-state index in [0.29, 0.717) is 25.2 Å². The molecule has 1 aromatic carbocycles. The van der Waals surface area contributed by atoms with Crippen LogP contribution in [0.15, 0.2) is 24.3 Å². The second-order valence-electron chi connectivity index (χ2n) is 6.29. The molecular formula is C17H20F2N2O3. The number of benzene rings is 1. The Kier molecular flexibility index (Phi) is 4.97. The zero-order valence-corrected chi connectivity index (χ0v) is 13.2. The molecule has 5 nitrogen and oxygen atoms in total. The van der Waals surface area contributed by atoms with Gasteiger partial charge in [0, 0.05) is 30.8 Å². The topological polar surface area (TPSA) is 58.6 Å². The number of likely N-dealkylation sites (tertiary alicyclic amines) is 1. The summed E-state index contributed by atoms with van der Waals surface area (Å²) in [6.45, 7) is -1.78. The Morgan fingerprint density at radius 2 is 2.00 bits per heavy atom. The van der Waals surface area contributed by atoms with E-state index in [0.717, 1.165) is 19.3 Å². The molecule has 2 aliphatic rings. The lowest BCUT2D eigenvalue weighted by atomic mass is 9.96. The number of carbonyl (C=O) groups excluding carboxylic acids is 2. The standard InChI is InChI=1S/C17H20F2N2O3/c18-17(19)24-14-5-1-4-13(9-14)20-15(22)12-3-2-8-21(10-12)16(23)11-6-7-11/h1,4-5,9,11-12,17H,2-3,6-8,10H2,(H,20,22)/t12-/m1/s1. The van der Waals surface area contributed by atoms with Crippen LogP contribution in [-0.4, -0.2) is 36.4 Å². The summed E-state index contributed by atoms with van der Waals surface area (Å²) < 4.78 is 28.8. The maximum Gasteiger partial charge on any atom is 0.387 e. The maximum absolute atomic E-state index is 12.4. The highest BCUT2D eigenvalue weighted by Gasteiger charge is 2.36. The number of halogens is 2. The number of piperidine rings is 1. The monoisotopic (exact) mass is 338 g/mol. The third-order valence-corrected chi connectivity index (χ3v) is 4.36. The van der Waals surface area contributed by atoms with Crippen molar-refractivity contribution < 1.29 is 23.1 Å². The number of alkyl halides is 2. The van der Waals surface area contributed by atoms with Crippen molar-refractivity contribution in [2.75, 3.05) is 18.4 Å². The van der Waals surface area contributed by atoms with E-state index >= 15 is 0 Å². The van der Waals surface area contributed by atoms with Gasteiger partial charge >= 0.3 is 6.61 Å². The average Bonchev–Trinajstić information content (AvgIpc) is 3.39. The van der Waals surface area contributed by atoms with E-state index in [4.69, 9.17) is 0 Å². The largest absolute Gasteiger partial charge is 0.435 e. The molecule has 0 radical (unpaired) electrons. The van der Waals surface area contributed by atoms with E-state index in [2.05, 4.69) is 10.1 Å². The summed E-state index contributed by atoms with van der Waals surface area (Å²) in [6.07, 6.45) is 3.41. The van der Waals surface area contributed by atoms with Gasteiger partial charge < -0.3 is 15.0 Å². The minimum Gasteiger partial charge on any atom is -0.435 e. The SMILES string of the molecule is O=C(Nc1cccc(OC(F)F)c1)[C@@H]1CCCN(C(=O)C2CC2)C1. The van der Waals surface area contributed by atoms with Gasteiger partial charge in [0.2, 0.25) is 11.8 Å². The summed E-state index contributed by atoms with van der Waals surface area (Å²) in [7, 11) is 0. The molecule has 1 aliphatic heterocycles. The molecule has 3 rings (SSSR count). The Hall–Kier alpha value is -2.18. The van der Waals surface area contributed by atoms with Gasteiger partial charge in [-0.15, -0.1) is 0 Å². The third-order valence-electron chi connectivity index (χ3n) is 4.36. The smallest absolute Gasteiger partial charge is 0.387 e. The summed E-state index contributed by atoms with van der Waals surface area (Å²) in [5.41, 5.74) is 0.406. The number of nitrogens with zero attached hydrogens (tertiary/aromatic N) is 1. The van der Waals surface area contributed by atoms with Crippen LogP contribution < -0.4 is 10.1 Å². The lowest BCUT2D eigenvalue weighted by Gasteiger charge is -2.32. The van der Waals surface area contributed by atoms with Crippen molar-refractivity contribution in [3.8, 4) is 5.75 Å². The molecule has 0 aromatic heterocycles. The molecule has 0 bridgehead atoms. The van der Waals surface area contributed by atoms with Crippen molar-refractivity contribution in [3.05, 3.63) is 24.3 Å². The second kappa shape index (κ2) is 7.15. The normalized spacial score (nSPS) is 20.8. The van der Waals surface area contributed by atoms with Crippen LogP contribution >= 0.6 is 0 Å². The fourth-order valence-electron chi connectivity index (χ4n) is 2.97. The number of carbonyl (C=O) groups is 2. The van der Waals surface area contributed by atoms with Crippen LogP contribution in [0.1, 0.15) is 25.7 Å². The summed E-state index contributed by atoms with van der Waals surface area (Å²) in [5.74, 6) is -0.176. The van der Waals surface area contributed by atoms with Crippen LogP contribution in [-0.2, 0) is 9.59 Å². The highest BCUT2D eigenvalue weighted by Crippen LogP contribution is 2.32. The minimum atomic E-state index is -2.91. The fourth-order valence-corrected chi connectivity index (χ4v) is 2.97. The van der Waals surface area contributed by atoms with Crippen LogP contribution in [0.25, 0.3) is 0 Å². The van der Waals surface area contributed by atoms with Gasteiger partial charge in [0.05, 0.1) is 5.92 Å². The van der Waals surface area contributed by atoms with E-state index in [1.807, 2.05) is 0 Å². The van der Waals surface area contributed by atoms with Crippen LogP contribution in [0.4, 0.5) is 14.5 Å². The van der Waals surface area contributed by atoms with E-state index in [1.165, 1.54) is 18.2 Å². The predicted molar refractivity (Wildman–Crippen MR) is 83.7 cm³/mol. The fraction of sp³-hybridized carbons (Fsp3) is 0.529. The molecule has 1 heterocycles. The number of nitrogens with one attached hydrogen (secondary N) is 1. The number of hydrogen-bond acceptors (Lipinski definition) is 3. The number of anilines is 1. The number of rotatable bonds is 5. The van der Waals surface area contributed by atoms with Crippen molar-refractivity contribution in [2.45, 2.75) is 32.3 Å². The van der Waals surface area contributed by atoms with E-state index in [9.17, 15) is 18.4 Å². The highest BCUT2D eigenvalue weighted by atomic mass is 19.3. The van der Waals surface area contributed by atoms with Gasteiger partial charge in [-0.1, -0.05) is 6.07 Å². The lowest BCUT2D eigenvalue weighted by molar-refractivity contribution is -0.135. The van der Waals surface area contributed by atoms with Gasteiger partial charge in [0.15, 0.2) is 0 Å². The Balaban J connectivity index is 1.58. The van der Waals surface area contributed by atoms with Crippen molar-refractivity contribution in [1.82, 2.24) is 4.90 Å². The third kappa shape index (κ3) is 4.21. The first-order valence-corrected chi connectivity index (χ1v) is 8.17. The van der Waals surface area contributed by atoms with Gasteiger partial charge in [-0.2, -0.15) is 8.78 Å². The van der Waals surface area contributed by atoms with Crippen molar-refractivity contribution in [3.63, 3.8) is 0 Å². The summed E-state index contributed by atoms with van der Waals surface area (Å²) in [5, 5.41) is 2.73. The zero-order valence-electron chi connectivity index (χ0n) is 13.2. The average molecular weight is 338 g/mol. The zero-order chi connectivity index (χ0) is 17.1. The Bertz CT molecular complexity index is 620. The molecule has 7 heteroatoms. The van der Waals surface area contributed by atoms with Crippen LogP contribution in [0.3, 0.4) is 0 Å². The lowest BCUT2D eigenvalue weighted by Crippen LogP contribution is -2.44. The van der Waals surface area contributed by atoms with E-state index in [-0.39, 0.29) is 29.4 Å². The van der Waals surface area contributed by atoms with Crippen LogP contribution in [0.5, 0.6) is 5.75 Å². The molecule has 1 aromatic rings. The summed E-state index contributed by atoms with van der Waals surface area (Å²) >= 11 is 0. The van der Waals surface area contributed by atoms with Crippen LogP contribution in [0, 0.1) is 11.8 Å². The Labute approximate surface area is 139 Å². The van der Waals surface area contributed by atoms with Crippen LogP contribution in [0.2, 0.25) is 0 Å².